The molecule has 0 unspecified atom stereocenters. The van der Waals surface area contributed by atoms with Gasteiger partial charge in [0.2, 0.25) is 0 Å². The van der Waals surface area contributed by atoms with Gasteiger partial charge in [0, 0.05) is 5.56 Å². The molecule has 0 amide bonds. The van der Waals surface area contributed by atoms with Gasteiger partial charge in [-0.3, -0.25) is 0 Å². The van der Waals surface area contributed by atoms with E-state index in [0.717, 1.165) is 5.56 Å². The Balaban J connectivity index is 3.24. The SMILES string of the molecule is Cc1cc(C)c(F)c(CF)c1. The Morgan fingerprint density at radius 2 is 1.91 bits per heavy atom. The highest BCUT2D eigenvalue weighted by atomic mass is 19.1. The van der Waals surface area contributed by atoms with E-state index in [1.54, 1.807) is 13.0 Å². The smallest absolute Gasteiger partial charge is 0.131 e. The maximum Gasteiger partial charge on any atom is 0.131 e. The van der Waals surface area contributed by atoms with E-state index in [1.165, 1.54) is 6.07 Å². The lowest BCUT2D eigenvalue weighted by atomic mass is 10.1. The molecule has 0 fully saturated rings. The summed E-state index contributed by atoms with van der Waals surface area (Å²) in [6, 6.07) is 3.23. The molecule has 0 aromatic heterocycles. The zero-order valence-corrected chi connectivity index (χ0v) is 6.62. The van der Waals surface area contributed by atoms with E-state index in [0.29, 0.717) is 5.56 Å². The lowest BCUT2D eigenvalue weighted by Gasteiger charge is -2.02. The summed E-state index contributed by atoms with van der Waals surface area (Å²) in [6.45, 7) is 2.74. The van der Waals surface area contributed by atoms with Crippen LogP contribution < -0.4 is 0 Å². The Labute approximate surface area is 64.9 Å². The van der Waals surface area contributed by atoms with Gasteiger partial charge in [-0.25, -0.2) is 8.78 Å². The molecule has 1 aromatic rings. The summed E-state index contributed by atoms with van der Waals surface area (Å²) in [4.78, 5) is 0. The fraction of sp³-hybridized carbons (Fsp3) is 0.333. The molecule has 0 saturated carbocycles. The second-order valence-corrected chi connectivity index (χ2v) is 2.69. The van der Waals surface area contributed by atoms with E-state index in [9.17, 15) is 8.78 Å². The first kappa shape index (κ1) is 8.18. The van der Waals surface area contributed by atoms with Crippen molar-refractivity contribution in [1.82, 2.24) is 0 Å². The van der Waals surface area contributed by atoms with Gasteiger partial charge in [0.15, 0.2) is 0 Å². The molecule has 0 spiro atoms. The number of alkyl halides is 1. The monoisotopic (exact) mass is 156 g/mol. The molecule has 0 aliphatic carbocycles. The highest BCUT2D eigenvalue weighted by molar-refractivity contribution is 5.29. The first-order chi connectivity index (χ1) is 5.15. The molecule has 0 saturated heterocycles. The van der Waals surface area contributed by atoms with Crippen LogP contribution in [0.25, 0.3) is 0 Å². The van der Waals surface area contributed by atoms with Crippen molar-refractivity contribution in [3.05, 3.63) is 34.6 Å². The van der Waals surface area contributed by atoms with E-state index in [1.807, 2.05) is 6.92 Å². The second-order valence-electron chi connectivity index (χ2n) is 2.69. The van der Waals surface area contributed by atoms with Crippen LogP contribution in [-0.4, -0.2) is 0 Å². The van der Waals surface area contributed by atoms with Crippen LogP contribution in [-0.2, 0) is 6.67 Å². The minimum atomic E-state index is -0.728. The van der Waals surface area contributed by atoms with Crippen molar-refractivity contribution >= 4 is 0 Å². The van der Waals surface area contributed by atoms with Crippen LogP contribution in [0.1, 0.15) is 16.7 Å². The summed E-state index contributed by atoms with van der Waals surface area (Å²) in [5.41, 5.74) is 1.57. The van der Waals surface area contributed by atoms with Crippen molar-refractivity contribution in [1.29, 1.82) is 0 Å². The average molecular weight is 156 g/mol. The van der Waals surface area contributed by atoms with Crippen molar-refractivity contribution < 1.29 is 8.78 Å². The summed E-state index contributed by atoms with van der Waals surface area (Å²) < 4.78 is 25.0. The van der Waals surface area contributed by atoms with Gasteiger partial charge in [-0.2, -0.15) is 0 Å². The third-order valence-corrected chi connectivity index (χ3v) is 1.62. The van der Waals surface area contributed by atoms with Gasteiger partial charge >= 0.3 is 0 Å². The molecule has 1 rings (SSSR count). The molecule has 0 heterocycles. The Hall–Kier alpha value is -0.920. The molecule has 1 aromatic carbocycles. The van der Waals surface area contributed by atoms with Crippen molar-refractivity contribution in [3.8, 4) is 0 Å². The Bertz CT molecular complexity index is 267. The number of halogens is 2. The molecular weight excluding hydrogens is 146 g/mol. The second kappa shape index (κ2) is 2.99. The molecule has 0 aliphatic heterocycles. The van der Waals surface area contributed by atoms with Gasteiger partial charge in [-0.15, -0.1) is 0 Å². The van der Waals surface area contributed by atoms with E-state index < -0.39 is 12.5 Å². The van der Waals surface area contributed by atoms with E-state index in [2.05, 4.69) is 0 Å². The molecule has 2 heteroatoms. The summed E-state index contributed by atoms with van der Waals surface area (Å²) in [5.74, 6) is -0.418. The number of aryl methyl sites for hydroxylation is 2. The number of rotatable bonds is 1. The number of hydrogen-bond donors (Lipinski definition) is 0. The minimum absolute atomic E-state index is 0.155. The van der Waals surface area contributed by atoms with Crippen molar-refractivity contribution in [2.45, 2.75) is 20.5 Å². The lowest BCUT2D eigenvalue weighted by Crippen LogP contribution is -1.91. The maximum atomic E-state index is 12.9. The highest BCUT2D eigenvalue weighted by Gasteiger charge is 2.04. The molecule has 11 heavy (non-hydrogen) atoms. The van der Waals surface area contributed by atoms with Gasteiger partial charge in [0.05, 0.1) is 0 Å². The van der Waals surface area contributed by atoms with E-state index in [-0.39, 0.29) is 5.56 Å². The quantitative estimate of drug-likeness (QED) is 0.586. The van der Waals surface area contributed by atoms with Crippen LogP contribution in [0.15, 0.2) is 12.1 Å². The largest absolute Gasteiger partial charge is 0.246 e. The molecule has 60 valence electrons. The lowest BCUT2D eigenvalue weighted by molar-refractivity contribution is 0.462. The standard InChI is InChI=1S/C9H10F2/c1-6-3-7(2)9(11)8(4-6)5-10/h3-4H,5H2,1-2H3. The first-order valence-corrected chi connectivity index (χ1v) is 3.46. The molecular formula is C9H10F2. The minimum Gasteiger partial charge on any atom is -0.246 e. The summed E-state index contributed by atoms with van der Waals surface area (Å²) in [5, 5.41) is 0. The molecule has 0 N–H and O–H groups in total. The maximum absolute atomic E-state index is 12.9. The summed E-state index contributed by atoms with van der Waals surface area (Å²) >= 11 is 0. The predicted molar refractivity (Wildman–Crippen MR) is 40.7 cm³/mol. The van der Waals surface area contributed by atoms with Gasteiger partial charge in [-0.1, -0.05) is 17.7 Å². The molecule has 0 aliphatic rings. The normalized spacial score (nSPS) is 10.2. The van der Waals surface area contributed by atoms with Gasteiger partial charge in [-0.05, 0) is 19.4 Å². The fourth-order valence-electron chi connectivity index (χ4n) is 1.14. The Kier molecular flexibility index (Phi) is 2.22. The van der Waals surface area contributed by atoms with Gasteiger partial charge < -0.3 is 0 Å². The third kappa shape index (κ3) is 1.56. The zero-order chi connectivity index (χ0) is 8.43. The van der Waals surface area contributed by atoms with Crippen molar-refractivity contribution in [3.63, 3.8) is 0 Å². The number of hydrogen-bond acceptors (Lipinski definition) is 0. The van der Waals surface area contributed by atoms with Crippen LogP contribution >= 0.6 is 0 Å². The third-order valence-electron chi connectivity index (χ3n) is 1.62. The Morgan fingerprint density at radius 1 is 1.27 bits per heavy atom. The van der Waals surface area contributed by atoms with Gasteiger partial charge in [0.1, 0.15) is 12.5 Å². The van der Waals surface area contributed by atoms with Gasteiger partial charge in [0.25, 0.3) is 0 Å². The van der Waals surface area contributed by atoms with Crippen LogP contribution in [0.2, 0.25) is 0 Å². The van der Waals surface area contributed by atoms with E-state index in [4.69, 9.17) is 0 Å². The molecule has 0 atom stereocenters. The molecule has 0 nitrogen and oxygen atoms in total. The molecule has 0 bridgehead atoms. The van der Waals surface area contributed by atoms with Crippen molar-refractivity contribution in [2.24, 2.45) is 0 Å². The van der Waals surface area contributed by atoms with Crippen LogP contribution in [0.3, 0.4) is 0 Å². The fourth-order valence-corrected chi connectivity index (χ4v) is 1.14. The predicted octanol–water partition coefficient (Wildman–Crippen LogP) is 2.91. The van der Waals surface area contributed by atoms with Crippen molar-refractivity contribution in [2.75, 3.05) is 0 Å². The summed E-state index contributed by atoms with van der Waals surface area (Å²) in [7, 11) is 0. The summed E-state index contributed by atoms with van der Waals surface area (Å²) in [6.07, 6.45) is 0. The molecule has 0 radical (unpaired) electrons. The number of benzene rings is 1. The first-order valence-electron chi connectivity index (χ1n) is 3.46. The van der Waals surface area contributed by atoms with Crippen LogP contribution in [0, 0.1) is 19.7 Å². The van der Waals surface area contributed by atoms with Crippen LogP contribution in [0.5, 0.6) is 0 Å². The zero-order valence-electron chi connectivity index (χ0n) is 6.62. The average Bonchev–Trinajstić information content (AvgIpc) is 1.96. The topological polar surface area (TPSA) is 0 Å². The van der Waals surface area contributed by atoms with E-state index >= 15 is 0 Å². The highest BCUT2D eigenvalue weighted by Crippen LogP contribution is 2.15. The Morgan fingerprint density at radius 3 is 2.45 bits per heavy atom. The van der Waals surface area contributed by atoms with Crippen LogP contribution in [0.4, 0.5) is 8.78 Å².